The van der Waals surface area contributed by atoms with Crippen molar-refractivity contribution in [1.82, 2.24) is 40.6 Å². The number of nitrogens with zero attached hydrogens (tertiary/aromatic N) is 8. The highest BCUT2D eigenvalue weighted by Crippen LogP contribution is 2.38. The summed E-state index contributed by atoms with van der Waals surface area (Å²) in [7, 11) is 0. The van der Waals surface area contributed by atoms with E-state index < -0.39 is 11.7 Å². The predicted octanol–water partition coefficient (Wildman–Crippen LogP) is 2.29. The number of morpholine rings is 1. The summed E-state index contributed by atoms with van der Waals surface area (Å²) in [6.45, 7) is 1.90. The molecule has 15 heteroatoms. The lowest BCUT2D eigenvalue weighted by molar-refractivity contribution is -0.137. The molecule has 1 saturated heterocycles. The van der Waals surface area contributed by atoms with Crippen LogP contribution in [0.5, 0.6) is 0 Å². The molecule has 0 spiro atoms. The smallest absolute Gasteiger partial charge is 0.384 e. The van der Waals surface area contributed by atoms with Gasteiger partial charge in [-0.1, -0.05) is 0 Å². The summed E-state index contributed by atoms with van der Waals surface area (Å²) in [5.41, 5.74) is 5.46. The number of nitrogens with one attached hydrogen (secondary N) is 2. The molecule has 5 rings (SSSR count). The van der Waals surface area contributed by atoms with E-state index in [1.807, 2.05) is 4.90 Å². The lowest BCUT2D eigenvalue weighted by Crippen LogP contribution is -2.37. The van der Waals surface area contributed by atoms with Crippen molar-refractivity contribution in [3.05, 3.63) is 42.2 Å². The van der Waals surface area contributed by atoms with Crippen LogP contribution in [-0.2, 0) is 10.9 Å². The van der Waals surface area contributed by atoms with E-state index >= 15 is 0 Å². The summed E-state index contributed by atoms with van der Waals surface area (Å²) >= 11 is 0. The zero-order valence-corrected chi connectivity index (χ0v) is 18.0. The number of aromatic amines is 1. The second-order valence-electron chi connectivity index (χ2n) is 7.48. The topological polar surface area (TPSA) is 157 Å². The van der Waals surface area contributed by atoms with Crippen LogP contribution in [0.3, 0.4) is 0 Å². The average molecular weight is 485 g/mol. The Morgan fingerprint density at radius 2 is 1.86 bits per heavy atom. The SMILES string of the molecule is Nc1cc(C(F)(F)F)c(-c2cc(Nc3ccc(-c4nn[nH]n4)nc3)nc(N3CCOCC3)n2)cn1. The fraction of sp³-hybridized carbons (Fsp3) is 0.250. The summed E-state index contributed by atoms with van der Waals surface area (Å²) in [4.78, 5) is 18.9. The van der Waals surface area contributed by atoms with Gasteiger partial charge in [-0.3, -0.25) is 4.98 Å². The van der Waals surface area contributed by atoms with Gasteiger partial charge in [-0.05, 0) is 23.4 Å². The Morgan fingerprint density at radius 1 is 1.03 bits per heavy atom. The fourth-order valence-corrected chi connectivity index (χ4v) is 3.47. The van der Waals surface area contributed by atoms with Crippen LogP contribution in [0.1, 0.15) is 5.56 Å². The van der Waals surface area contributed by atoms with Gasteiger partial charge >= 0.3 is 6.18 Å². The highest BCUT2D eigenvalue weighted by atomic mass is 19.4. The maximum atomic E-state index is 13.8. The Hall–Kier alpha value is -4.40. The first-order valence-electron chi connectivity index (χ1n) is 10.4. The van der Waals surface area contributed by atoms with Crippen LogP contribution in [0.25, 0.3) is 22.8 Å². The Morgan fingerprint density at radius 3 is 2.54 bits per heavy atom. The third-order valence-electron chi connectivity index (χ3n) is 5.13. The van der Waals surface area contributed by atoms with Crippen LogP contribution in [0.2, 0.25) is 0 Å². The number of hydrogen-bond donors (Lipinski definition) is 3. The van der Waals surface area contributed by atoms with Crippen LogP contribution in [0, 0.1) is 0 Å². The number of rotatable bonds is 5. The molecular formula is C20H18F3N11O. The molecule has 5 heterocycles. The van der Waals surface area contributed by atoms with Crippen LogP contribution in [0.4, 0.5) is 36.4 Å². The van der Waals surface area contributed by atoms with Crippen molar-refractivity contribution >= 4 is 23.3 Å². The first kappa shape index (κ1) is 22.4. The minimum atomic E-state index is -4.65. The Kier molecular flexibility index (Phi) is 5.82. The Labute approximate surface area is 195 Å². The molecule has 4 aromatic rings. The summed E-state index contributed by atoms with van der Waals surface area (Å²) in [5.74, 6) is 0.617. The van der Waals surface area contributed by atoms with E-state index in [4.69, 9.17) is 10.5 Å². The number of H-pyrrole nitrogens is 1. The Bertz CT molecular complexity index is 1310. The normalized spacial score (nSPS) is 14.2. The zero-order chi connectivity index (χ0) is 24.4. The van der Waals surface area contributed by atoms with Gasteiger partial charge in [0.05, 0.1) is 36.4 Å². The molecule has 1 aliphatic heterocycles. The van der Waals surface area contributed by atoms with Crippen molar-refractivity contribution < 1.29 is 17.9 Å². The van der Waals surface area contributed by atoms with Gasteiger partial charge < -0.3 is 20.7 Å². The number of nitrogens with two attached hydrogens (primary N) is 1. The van der Waals surface area contributed by atoms with Crippen molar-refractivity contribution in [2.24, 2.45) is 0 Å². The molecule has 1 fully saturated rings. The van der Waals surface area contributed by atoms with Gasteiger partial charge in [0, 0.05) is 30.9 Å². The third-order valence-corrected chi connectivity index (χ3v) is 5.13. The second kappa shape index (κ2) is 9.09. The van der Waals surface area contributed by atoms with E-state index in [0.29, 0.717) is 43.5 Å². The van der Waals surface area contributed by atoms with Gasteiger partial charge in [0.25, 0.3) is 0 Å². The molecule has 1 aliphatic rings. The minimum absolute atomic E-state index is 0.0418. The Balaban J connectivity index is 1.54. The van der Waals surface area contributed by atoms with Gasteiger partial charge in [0.15, 0.2) is 0 Å². The maximum absolute atomic E-state index is 13.8. The van der Waals surface area contributed by atoms with Crippen molar-refractivity contribution in [3.8, 4) is 22.8 Å². The number of hydrogen-bond acceptors (Lipinski definition) is 11. The first-order valence-corrected chi connectivity index (χ1v) is 10.4. The first-order chi connectivity index (χ1) is 16.9. The second-order valence-corrected chi connectivity index (χ2v) is 7.48. The van der Waals surface area contributed by atoms with Gasteiger partial charge in [0.2, 0.25) is 11.8 Å². The van der Waals surface area contributed by atoms with E-state index in [2.05, 4.69) is 45.9 Å². The molecule has 0 unspecified atom stereocenters. The van der Waals surface area contributed by atoms with Gasteiger partial charge in [-0.2, -0.15) is 23.4 Å². The van der Waals surface area contributed by atoms with Crippen molar-refractivity contribution in [1.29, 1.82) is 0 Å². The third kappa shape index (κ3) is 4.93. The zero-order valence-electron chi connectivity index (χ0n) is 18.0. The lowest BCUT2D eigenvalue weighted by atomic mass is 10.1. The van der Waals surface area contributed by atoms with Gasteiger partial charge in [-0.15, -0.1) is 10.2 Å². The van der Waals surface area contributed by atoms with E-state index in [-0.39, 0.29) is 28.8 Å². The summed E-state index contributed by atoms with van der Waals surface area (Å²) in [6, 6.07) is 5.59. The average Bonchev–Trinajstić information content (AvgIpc) is 3.39. The van der Waals surface area contributed by atoms with Gasteiger partial charge in [0.1, 0.15) is 17.3 Å². The summed E-state index contributed by atoms with van der Waals surface area (Å²) in [6.07, 6.45) is -2.07. The van der Waals surface area contributed by atoms with Gasteiger partial charge in [-0.25, -0.2) is 9.97 Å². The molecule has 180 valence electrons. The number of anilines is 4. The molecule has 12 nitrogen and oxygen atoms in total. The van der Waals surface area contributed by atoms with Crippen molar-refractivity contribution in [2.75, 3.05) is 42.3 Å². The number of pyridine rings is 2. The lowest BCUT2D eigenvalue weighted by Gasteiger charge is -2.27. The van der Waals surface area contributed by atoms with E-state index in [1.54, 1.807) is 12.1 Å². The number of aromatic nitrogens is 8. The monoisotopic (exact) mass is 485 g/mol. The molecule has 0 amide bonds. The van der Waals surface area contributed by atoms with E-state index in [1.165, 1.54) is 12.3 Å². The van der Waals surface area contributed by atoms with Crippen LogP contribution in [-0.4, -0.2) is 66.9 Å². The molecule has 0 radical (unpaired) electrons. The van der Waals surface area contributed by atoms with Crippen molar-refractivity contribution in [3.63, 3.8) is 0 Å². The highest BCUT2D eigenvalue weighted by molar-refractivity contribution is 5.71. The largest absolute Gasteiger partial charge is 0.417 e. The number of nitrogen functional groups attached to an aromatic ring is 1. The fourth-order valence-electron chi connectivity index (χ4n) is 3.47. The standard InChI is InChI=1S/C20H18F3N11O/c21-20(22,23)13-7-16(24)26-10-12(13)15-8-17(29-19(28-15)34-3-5-35-6-4-34)27-11-1-2-14(25-9-11)18-30-32-33-31-18/h1-2,7-10H,3-6H2,(H2,24,26)(H,27,28,29)(H,30,31,32,33). The maximum Gasteiger partial charge on any atom is 0.417 e. The number of alkyl halides is 3. The molecular weight excluding hydrogens is 467 g/mol. The predicted molar refractivity (Wildman–Crippen MR) is 118 cm³/mol. The van der Waals surface area contributed by atoms with E-state index in [0.717, 1.165) is 12.3 Å². The van der Waals surface area contributed by atoms with Crippen molar-refractivity contribution in [2.45, 2.75) is 6.18 Å². The molecule has 0 aromatic carbocycles. The van der Waals surface area contributed by atoms with E-state index in [9.17, 15) is 13.2 Å². The molecule has 4 aromatic heterocycles. The molecule has 35 heavy (non-hydrogen) atoms. The molecule has 0 saturated carbocycles. The van der Waals surface area contributed by atoms with Crippen LogP contribution < -0.4 is 16.0 Å². The number of halogens is 3. The molecule has 4 N–H and O–H groups in total. The number of tetrazole rings is 1. The molecule has 0 atom stereocenters. The highest BCUT2D eigenvalue weighted by Gasteiger charge is 2.35. The molecule has 0 bridgehead atoms. The summed E-state index contributed by atoms with van der Waals surface area (Å²) in [5, 5.41) is 16.7. The quantitative estimate of drug-likeness (QED) is 0.381. The van der Waals surface area contributed by atoms with Crippen LogP contribution >= 0.6 is 0 Å². The van der Waals surface area contributed by atoms with Crippen LogP contribution in [0.15, 0.2) is 36.7 Å². The summed E-state index contributed by atoms with van der Waals surface area (Å²) < 4.78 is 46.7. The number of ether oxygens (including phenoxy) is 1. The minimum Gasteiger partial charge on any atom is -0.384 e. The molecule has 0 aliphatic carbocycles.